The average Bonchev–Trinajstić information content (AvgIpc) is 2.86. The summed E-state index contributed by atoms with van der Waals surface area (Å²) in [7, 11) is 3.60. The third kappa shape index (κ3) is 4.56. The second-order valence-electron chi connectivity index (χ2n) is 4.95. The van der Waals surface area contributed by atoms with Crippen LogP contribution in [0.25, 0.3) is 0 Å². The molecule has 0 aliphatic heterocycles. The molecule has 1 heterocycles. The molecule has 22 heavy (non-hydrogen) atoms. The van der Waals surface area contributed by atoms with Gasteiger partial charge in [-0.2, -0.15) is 5.10 Å². The van der Waals surface area contributed by atoms with Crippen molar-refractivity contribution < 1.29 is 4.79 Å². The second-order valence-corrected chi connectivity index (χ2v) is 5.87. The van der Waals surface area contributed by atoms with Gasteiger partial charge in [0.15, 0.2) is 0 Å². The van der Waals surface area contributed by atoms with Crippen molar-refractivity contribution in [1.82, 2.24) is 20.4 Å². The van der Waals surface area contributed by atoms with Crippen LogP contribution in [0.4, 0.5) is 0 Å². The van der Waals surface area contributed by atoms with E-state index in [0.29, 0.717) is 0 Å². The van der Waals surface area contributed by atoms with Crippen LogP contribution in [0.2, 0.25) is 0 Å². The molecule has 2 unspecified atom stereocenters. The molecule has 1 aromatic heterocycles. The van der Waals surface area contributed by atoms with E-state index in [0.717, 1.165) is 15.6 Å². The third-order valence-electron chi connectivity index (χ3n) is 3.32. The highest BCUT2D eigenvalue weighted by Gasteiger charge is 2.21. The van der Waals surface area contributed by atoms with Crippen LogP contribution in [0.3, 0.4) is 0 Å². The normalized spacial score (nSPS) is 13.1. The predicted molar refractivity (Wildman–Crippen MR) is 93.0 cm³/mol. The molecule has 120 valence electrons. The van der Waals surface area contributed by atoms with Crippen LogP contribution in [-0.2, 0) is 11.8 Å². The molecule has 0 spiro atoms. The van der Waals surface area contributed by atoms with Gasteiger partial charge in [-0.3, -0.25) is 9.48 Å². The number of halogens is 2. The zero-order chi connectivity index (χ0) is 15.4. The van der Waals surface area contributed by atoms with E-state index in [1.807, 2.05) is 44.4 Å². The Hall–Kier alpha value is -1.37. The molecule has 2 atom stereocenters. The first kappa shape index (κ1) is 18.7. The molecule has 1 aromatic carbocycles. The molecule has 2 aromatic rings. The first-order valence-electron chi connectivity index (χ1n) is 6.73. The molecule has 5 nitrogen and oxygen atoms in total. The van der Waals surface area contributed by atoms with Crippen LogP contribution in [0.15, 0.2) is 41.1 Å². The minimum atomic E-state index is -0.409. The monoisotopic (exact) mass is 386 g/mol. The van der Waals surface area contributed by atoms with Gasteiger partial charge in [0.1, 0.15) is 6.04 Å². The molecule has 2 rings (SSSR count). The van der Waals surface area contributed by atoms with Gasteiger partial charge in [0.2, 0.25) is 5.91 Å². The Balaban J connectivity index is 0.00000242. The molecular weight excluding hydrogens is 368 g/mol. The number of aryl methyl sites for hydroxylation is 1. The van der Waals surface area contributed by atoms with Gasteiger partial charge in [0.05, 0.1) is 12.2 Å². The van der Waals surface area contributed by atoms with E-state index in [9.17, 15) is 4.79 Å². The van der Waals surface area contributed by atoms with Crippen molar-refractivity contribution in [3.05, 3.63) is 52.3 Å². The topological polar surface area (TPSA) is 59.0 Å². The second kappa shape index (κ2) is 8.31. The number of benzene rings is 1. The highest BCUT2D eigenvalue weighted by molar-refractivity contribution is 9.10. The number of aromatic nitrogens is 2. The number of nitrogens with zero attached hydrogens (tertiary/aromatic N) is 2. The van der Waals surface area contributed by atoms with Crippen LogP contribution in [0.1, 0.15) is 30.1 Å². The highest BCUT2D eigenvalue weighted by atomic mass is 79.9. The molecule has 0 fully saturated rings. The van der Waals surface area contributed by atoms with Gasteiger partial charge in [0, 0.05) is 23.3 Å². The number of carbonyl (C=O) groups is 1. The largest absolute Gasteiger partial charge is 0.348 e. The van der Waals surface area contributed by atoms with Gasteiger partial charge in [-0.25, -0.2) is 0 Å². The van der Waals surface area contributed by atoms with Crippen molar-refractivity contribution in [3.63, 3.8) is 0 Å². The first-order chi connectivity index (χ1) is 10.0. The van der Waals surface area contributed by atoms with E-state index in [-0.39, 0.29) is 24.4 Å². The molecule has 0 aliphatic carbocycles. The summed E-state index contributed by atoms with van der Waals surface area (Å²) in [5.41, 5.74) is 1.90. The van der Waals surface area contributed by atoms with Crippen molar-refractivity contribution in [2.75, 3.05) is 7.05 Å². The SMILES string of the molecule is CNC(C(=O)NC(C)c1cccc(Br)c1)c1cnn(C)c1.Cl. The van der Waals surface area contributed by atoms with E-state index in [1.54, 1.807) is 17.9 Å². The number of likely N-dealkylation sites (N-methyl/N-ethyl adjacent to an activating group) is 1. The molecule has 2 N–H and O–H groups in total. The van der Waals surface area contributed by atoms with E-state index in [1.165, 1.54) is 0 Å². The van der Waals surface area contributed by atoms with Crippen molar-refractivity contribution in [2.24, 2.45) is 7.05 Å². The van der Waals surface area contributed by atoms with Crippen molar-refractivity contribution in [1.29, 1.82) is 0 Å². The Morgan fingerprint density at radius 2 is 2.09 bits per heavy atom. The molecule has 0 aliphatic rings. The molecule has 0 saturated heterocycles. The van der Waals surface area contributed by atoms with Gasteiger partial charge >= 0.3 is 0 Å². The number of hydrogen-bond acceptors (Lipinski definition) is 3. The predicted octanol–water partition coefficient (Wildman–Crippen LogP) is 2.74. The zero-order valence-corrected chi connectivity index (χ0v) is 15.1. The molecule has 0 radical (unpaired) electrons. The van der Waals surface area contributed by atoms with Crippen LogP contribution >= 0.6 is 28.3 Å². The third-order valence-corrected chi connectivity index (χ3v) is 3.81. The Labute approximate surface area is 145 Å². The Morgan fingerprint density at radius 3 is 2.64 bits per heavy atom. The van der Waals surface area contributed by atoms with Gasteiger partial charge in [0.25, 0.3) is 0 Å². The summed E-state index contributed by atoms with van der Waals surface area (Å²) in [4.78, 5) is 12.4. The van der Waals surface area contributed by atoms with Gasteiger partial charge in [-0.1, -0.05) is 28.1 Å². The lowest BCUT2D eigenvalue weighted by Gasteiger charge is -2.19. The summed E-state index contributed by atoms with van der Waals surface area (Å²) in [6, 6.07) is 7.44. The maximum atomic E-state index is 12.4. The summed E-state index contributed by atoms with van der Waals surface area (Å²) in [5, 5.41) is 10.2. The Morgan fingerprint density at radius 1 is 1.36 bits per heavy atom. The quantitative estimate of drug-likeness (QED) is 0.829. The fourth-order valence-corrected chi connectivity index (χ4v) is 2.61. The summed E-state index contributed by atoms with van der Waals surface area (Å²) >= 11 is 3.44. The number of carbonyl (C=O) groups excluding carboxylic acids is 1. The fourth-order valence-electron chi connectivity index (χ4n) is 2.19. The van der Waals surface area contributed by atoms with Crippen LogP contribution in [-0.4, -0.2) is 22.7 Å². The summed E-state index contributed by atoms with van der Waals surface area (Å²) in [5.74, 6) is -0.0713. The minimum Gasteiger partial charge on any atom is -0.348 e. The molecule has 0 saturated carbocycles. The molecule has 1 amide bonds. The minimum absolute atomic E-state index is 0. The Bertz CT molecular complexity index is 632. The van der Waals surface area contributed by atoms with Crippen molar-refractivity contribution >= 4 is 34.2 Å². The van der Waals surface area contributed by atoms with Crippen LogP contribution in [0.5, 0.6) is 0 Å². The number of amides is 1. The average molecular weight is 388 g/mol. The van der Waals surface area contributed by atoms with E-state index < -0.39 is 6.04 Å². The summed E-state index contributed by atoms with van der Waals surface area (Å²) in [6.07, 6.45) is 3.54. The maximum Gasteiger partial charge on any atom is 0.242 e. The van der Waals surface area contributed by atoms with Gasteiger partial charge in [-0.15, -0.1) is 12.4 Å². The van der Waals surface area contributed by atoms with Gasteiger partial charge < -0.3 is 10.6 Å². The van der Waals surface area contributed by atoms with Crippen molar-refractivity contribution in [2.45, 2.75) is 19.0 Å². The molecular formula is C15H20BrClN4O. The number of nitrogens with one attached hydrogen (secondary N) is 2. The van der Waals surface area contributed by atoms with E-state index >= 15 is 0 Å². The lowest BCUT2D eigenvalue weighted by molar-refractivity contribution is -0.123. The zero-order valence-electron chi connectivity index (χ0n) is 12.7. The first-order valence-corrected chi connectivity index (χ1v) is 7.52. The fraction of sp³-hybridized carbons (Fsp3) is 0.333. The highest BCUT2D eigenvalue weighted by Crippen LogP contribution is 2.19. The smallest absolute Gasteiger partial charge is 0.242 e. The standard InChI is InChI=1S/C15H19BrN4O.ClH/c1-10(11-5-4-6-13(16)7-11)19-15(21)14(17-2)12-8-18-20(3)9-12;/h4-10,14,17H,1-3H3,(H,19,21);1H. The summed E-state index contributed by atoms with van der Waals surface area (Å²) < 4.78 is 2.68. The number of rotatable bonds is 5. The number of hydrogen-bond donors (Lipinski definition) is 2. The summed E-state index contributed by atoms with van der Waals surface area (Å²) in [6.45, 7) is 1.97. The van der Waals surface area contributed by atoms with Gasteiger partial charge in [-0.05, 0) is 31.7 Å². The van der Waals surface area contributed by atoms with Crippen LogP contribution in [0, 0.1) is 0 Å². The van der Waals surface area contributed by atoms with E-state index in [2.05, 4.69) is 31.7 Å². The maximum absolute atomic E-state index is 12.4. The molecule has 0 bridgehead atoms. The van der Waals surface area contributed by atoms with Crippen LogP contribution < -0.4 is 10.6 Å². The molecule has 7 heteroatoms. The lowest BCUT2D eigenvalue weighted by Crippen LogP contribution is -2.37. The van der Waals surface area contributed by atoms with Crippen molar-refractivity contribution in [3.8, 4) is 0 Å². The lowest BCUT2D eigenvalue weighted by atomic mass is 10.1. The Kier molecular flexibility index (Phi) is 7.06. The van der Waals surface area contributed by atoms with E-state index in [4.69, 9.17) is 0 Å².